The summed E-state index contributed by atoms with van der Waals surface area (Å²) in [4.78, 5) is 8.48. The van der Waals surface area contributed by atoms with Gasteiger partial charge in [-0.1, -0.05) is 11.8 Å². The molecule has 0 saturated carbocycles. The number of guanidine groups is 1. The molecule has 1 aliphatic rings. The van der Waals surface area contributed by atoms with E-state index in [2.05, 4.69) is 20.6 Å². The van der Waals surface area contributed by atoms with Gasteiger partial charge in [-0.2, -0.15) is 0 Å². The Morgan fingerprint density at radius 3 is 2.96 bits per heavy atom. The highest BCUT2D eigenvalue weighted by atomic mass is 127. The summed E-state index contributed by atoms with van der Waals surface area (Å²) >= 11 is 3.50. The van der Waals surface area contributed by atoms with Crippen molar-refractivity contribution in [2.75, 3.05) is 45.7 Å². The minimum Gasteiger partial charge on any atom is -0.379 e. The molecule has 2 N–H and O–H groups in total. The number of thioether (sulfide) groups is 1. The van der Waals surface area contributed by atoms with Crippen LogP contribution in [0.2, 0.25) is 0 Å². The molecular formula is C15H27IN4O2S2. The molecule has 0 spiro atoms. The number of aliphatic imine (C=N–C) groups is 1. The molecule has 2 heterocycles. The minimum atomic E-state index is 0. The lowest BCUT2D eigenvalue weighted by molar-refractivity contribution is 0.0420. The van der Waals surface area contributed by atoms with E-state index < -0.39 is 0 Å². The largest absolute Gasteiger partial charge is 0.379 e. The maximum absolute atomic E-state index is 5.73. The van der Waals surface area contributed by atoms with Crippen molar-refractivity contribution < 1.29 is 9.47 Å². The maximum atomic E-state index is 5.73. The van der Waals surface area contributed by atoms with Gasteiger partial charge in [0.15, 0.2) is 5.96 Å². The first kappa shape index (κ1) is 21.9. The fraction of sp³-hybridized carbons (Fsp3) is 0.733. The fourth-order valence-corrected chi connectivity index (χ4v) is 3.76. The Bertz CT molecular complexity index is 443. The minimum absolute atomic E-state index is 0. The maximum Gasteiger partial charge on any atom is 0.190 e. The van der Waals surface area contributed by atoms with E-state index in [1.54, 1.807) is 30.1 Å². The number of halogens is 1. The number of rotatable bonds is 10. The van der Waals surface area contributed by atoms with Gasteiger partial charge < -0.3 is 20.1 Å². The Morgan fingerprint density at radius 1 is 1.46 bits per heavy atom. The Hall–Kier alpha value is -0.100. The zero-order valence-corrected chi connectivity index (χ0v) is 18.0. The van der Waals surface area contributed by atoms with E-state index in [-0.39, 0.29) is 24.0 Å². The molecule has 2 rings (SSSR count). The van der Waals surface area contributed by atoms with Gasteiger partial charge in [0, 0.05) is 50.7 Å². The average Bonchev–Trinajstić information content (AvgIpc) is 3.26. The quantitative estimate of drug-likeness (QED) is 0.174. The second kappa shape index (κ2) is 14.1. The van der Waals surface area contributed by atoms with Gasteiger partial charge in [-0.25, -0.2) is 4.98 Å². The van der Waals surface area contributed by atoms with Gasteiger partial charge >= 0.3 is 0 Å². The van der Waals surface area contributed by atoms with Crippen LogP contribution in [0, 0.1) is 0 Å². The summed E-state index contributed by atoms with van der Waals surface area (Å²) in [6, 6.07) is 0. The van der Waals surface area contributed by atoms with Gasteiger partial charge in [-0.05, 0) is 19.3 Å². The van der Waals surface area contributed by atoms with E-state index in [9.17, 15) is 0 Å². The predicted molar refractivity (Wildman–Crippen MR) is 112 cm³/mol. The molecule has 1 atom stereocenters. The average molecular weight is 486 g/mol. The number of hydrogen-bond acceptors (Lipinski definition) is 6. The zero-order valence-electron chi connectivity index (χ0n) is 14.0. The van der Waals surface area contributed by atoms with Crippen LogP contribution in [0.15, 0.2) is 20.9 Å². The van der Waals surface area contributed by atoms with Gasteiger partial charge in [0.2, 0.25) is 0 Å². The van der Waals surface area contributed by atoms with Crippen LogP contribution in [0.25, 0.3) is 0 Å². The third-order valence-electron chi connectivity index (χ3n) is 3.33. The zero-order chi connectivity index (χ0) is 16.2. The van der Waals surface area contributed by atoms with Crippen LogP contribution in [0.5, 0.6) is 0 Å². The molecule has 1 aromatic rings. The molecule has 1 aromatic heterocycles. The number of ether oxygens (including phenoxy) is 2. The first-order chi connectivity index (χ1) is 11.4. The first-order valence-electron chi connectivity index (χ1n) is 8.04. The van der Waals surface area contributed by atoms with E-state index in [0.29, 0.717) is 6.10 Å². The molecule has 1 aliphatic heterocycles. The monoisotopic (exact) mass is 486 g/mol. The standard InChI is InChI=1S/C15H26N4O2S2.HI/c1-16-14(17-5-2-8-21-13-4-9-20-12-13)18-6-3-10-22-15-19-7-11-23-15;/h7,11,13H,2-6,8-10,12H2,1H3,(H2,16,17,18);1H. The fourth-order valence-electron chi connectivity index (χ4n) is 2.11. The summed E-state index contributed by atoms with van der Waals surface area (Å²) < 4.78 is 12.2. The van der Waals surface area contributed by atoms with E-state index in [1.807, 2.05) is 11.6 Å². The Kier molecular flexibility index (Phi) is 12.9. The van der Waals surface area contributed by atoms with Gasteiger partial charge in [0.25, 0.3) is 0 Å². The van der Waals surface area contributed by atoms with Gasteiger partial charge in [-0.3, -0.25) is 4.99 Å². The normalized spacial score (nSPS) is 17.5. The van der Waals surface area contributed by atoms with E-state index >= 15 is 0 Å². The van der Waals surface area contributed by atoms with Crippen LogP contribution >= 0.6 is 47.1 Å². The molecule has 6 nitrogen and oxygen atoms in total. The van der Waals surface area contributed by atoms with Gasteiger partial charge in [0.1, 0.15) is 4.34 Å². The van der Waals surface area contributed by atoms with Crippen molar-refractivity contribution in [3.63, 3.8) is 0 Å². The second-order valence-electron chi connectivity index (χ2n) is 5.14. The predicted octanol–water partition coefficient (Wildman–Crippen LogP) is 2.60. The Labute approximate surface area is 169 Å². The topological polar surface area (TPSA) is 67.8 Å². The number of hydrogen-bond donors (Lipinski definition) is 2. The van der Waals surface area contributed by atoms with Crippen molar-refractivity contribution in [2.45, 2.75) is 29.7 Å². The lowest BCUT2D eigenvalue weighted by atomic mass is 10.3. The van der Waals surface area contributed by atoms with E-state index in [4.69, 9.17) is 9.47 Å². The van der Waals surface area contributed by atoms with Crippen molar-refractivity contribution in [3.8, 4) is 0 Å². The molecule has 0 bridgehead atoms. The third-order valence-corrected chi connectivity index (χ3v) is 5.38. The highest BCUT2D eigenvalue weighted by Gasteiger charge is 2.15. The van der Waals surface area contributed by atoms with Gasteiger partial charge in [0.05, 0.1) is 12.7 Å². The van der Waals surface area contributed by atoms with Crippen molar-refractivity contribution in [2.24, 2.45) is 4.99 Å². The van der Waals surface area contributed by atoms with E-state index in [1.165, 1.54) is 0 Å². The molecule has 9 heteroatoms. The highest BCUT2D eigenvalue weighted by molar-refractivity contribution is 14.0. The lowest BCUT2D eigenvalue weighted by Crippen LogP contribution is -2.38. The Morgan fingerprint density at radius 2 is 2.29 bits per heavy atom. The summed E-state index contributed by atoms with van der Waals surface area (Å²) in [6.07, 6.45) is 5.21. The molecule has 0 amide bonds. The summed E-state index contributed by atoms with van der Waals surface area (Å²) in [6.45, 7) is 4.12. The smallest absolute Gasteiger partial charge is 0.190 e. The molecule has 0 aliphatic carbocycles. The van der Waals surface area contributed by atoms with Crippen LogP contribution < -0.4 is 10.6 Å². The SMILES string of the molecule is CN=C(NCCCOC1CCOC1)NCCCSc1nccs1.I. The van der Waals surface area contributed by atoms with Crippen LogP contribution in [0.3, 0.4) is 0 Å². The number of nitrogens with one attached hydrogen (secondary N) is 2. The van der Waals surface area contributed by atoms with E-state index in [0.717, 1.165) is 68.2 Å². The summed E-state index contributed by atoms with van der Waals surface area (Å²) in [7, 11) is 1.80. The third kappa shape index (κ3) is 9.40. The Balaban J connectivity index is 0.00000288. The van der Waals surface area contributed by atoms with Crippen LogP contribution in [-0.2, 0) is 9.47 Å². The van der Waals surface area contributed by atoms with Crippen LogP contribution in [0.1, 0.15) is 19.3 Å². The molecule has 0 aromatic carbocycles. The lowest BCUT2D eigenvalue weighted by Gasteiger charge is -2.13. The highest BCUT2D eigenvalue weighted by Crippen LogP contribution is 2.20. The number of nitrogens with zero attached hydrogens (tertiary/aromatic N) is 2. The molecule has 24 heavy (non-hydrogen) atoms. The first-order valence-corrected chi connectivity index (χ1v) is 9.91. The molecule has 1 fully saturated rings. The second-order valence-corrected chi connectivity index (χ2v) is 7.37. The molecular weight excluding hydrogens is 459 g/mol. The van der Waals surface area contributed by atoms with Crippen molar-refractivity contribution >= 4 is 53.0 Å². The summed E-state index contributed by atoms with van der Waals surface area (Å²) in [5.74, 6) is 1.92. The van der Waals surface area contributed by atoms with Crippen molar-refractivity contribution in [1.29, 1.82) is 0 Å². The molecule has 138 valence electrons. The van der Waals surface area contributed by atoms with Crippen LogP contribution in [-0.4, -0.2) is 62.8 Å². The summed E-state index contributed by atoms with van der Waals surface area (Å²) in [5.41, 5.74) is 0. The summed E-state index contributed by atoms with van der Waals surface area (Å²) in [5, 5.41) is 8.65. The molecule has 1 saturated heterocycles. The molecule has 0 radical (unpaired) electrons. The molecule has 1 unspecified atom stereocenters. The van der Waals surface area contributed by atoms with Crippen LogP contribution in [0.4, 0.5) is 0 Å². The number of aromatic nitrogens is 1. The van der Waals surface area contributed by atoms with Crippen molar-refractivity contribution in [3.05, 3.63) is 11.6 Å². The van der Waals surface area contributed by atoms with Crippen molar-refractivity contribution in [1.82, 2.24) is 15.6 Å². The number of thiazole rings is 1. The van der Waals surface area contributed by atoms with Gasteiger partial charge in [-0.15, -0.1) is 35.3 Å².